The molecule has 1 amide bonds. The Morgan fingerprint density at radius 1 is 1.43 bits per heavy atom. The van der Waals surface area contributed by atoms with E-state index in [2.05, 4.69) is 25.2 Å². The zero-order valence-corrected chi connectivity index (χ0v) is 13.2. The van der Waals surface area contributed by atoms with Crippen LogP contribution in [-0.2, 0) is 11.2 Å². The lowest BCUT2D eigenvalue weighted by atomic mass is 9.74. The topological polar surface area (TPSA) is 68.3 Å². The van der Waals surface area contributed by atoms with Crippen molar-refractivity contribution in [2.45, 2.75) is 65.0 Å². The molecular formula is C17H26N2O2. The normalized spacial score (nSPS) is 31.0. The molecule has 1 saturated carbocycles. The van der Waals surface area contributed by atoms with Gasteiger partial charge in [-0.1, -0.05) is 20.3 Å². The van der Waals surface area contributed by atoms with Gasteiger partial charge in [0.25, 0.3) is 0 Å². The number of rotatable bonds is 2. The molecule has 0 aliphatic heterocycles. The van der Waals surface area contributed by atoms with E-state index in [-0.39, 0.29) is 29.3 Å². The van der Waals surface area contributed by atoms with Crippen molar-refractivity contribution in [3.8, 4) is 0 Å². The van der Waals surface area contributed by atoms with Crippen LogP contribution in [-0.4, -0.2) is 11.9 Å². The minimum Gasteiger partial charge on any atom is -0.466 e. The van der Waals surface area contributed by atoms with E-state index in [1.165, 1.54) is 0 Å². The van der Waals surface area contributed by atoms with Crippen LogP contribution in [0, 0.1) is 18.3 Å². The average molecular weight is 290 g/mol. The van der Waals surface area contributed by atoms with Crippen molar-refractivity contribution in [2.75, 3.05) is 0 Å². The Hall–Kier alpha value is -1.29. The van der Waals surface area contributed by atoms with Gasteiger partial charge in [0.05, 0.1) is 12.0 Å². The van der Waals surface area contributed by atoms with E-state index >= 15 is 0 Å². The van der Waals surface area contributed by atoms with Gasteiger partial charge in [0, 0.05) is 18.0 Å². The van der Waals surface area contributed by atoms with E-state index in [4.69, 9.17) is 10.2 Å². The van der Waals surface area contributed by atoms with Crippen LogP contribution in [0.25, 0.3) is 0 Å². The maximum Gasteiger partial charge on any atom is 0.225 e. The highest BCUT2D eigenvalue weighted by Gasteiger charge is 2.38. The molecule has 0 saturated heterocycles. The molecule has 1 heterocycles. The standard InChI is InChI=1S/C17H26N2O2/c1-10-7-12-14(8-17(2,3)9-15(12)21-10)19-16(20)11-5-4-6-13(11)18/h7,11,13-14H,4-6,8-9,18H2,1-3H3,(H,19,20). The predicted octanol–water partition coefficient (Wildman–Crippen LogP) is 2.85. The summed E-state index contributed by atoms with van der Waals surface area (Å²) in [5, 5.41) is 3.24. The molecule has 4 nitrogen and oxygen atoms in total. The van der Waals surface area contributed by atoms with Gasteiger partial charge in [0.2, 0.25) is 5.91 Å². The first-order valence-corrected chi connectivity index (χ1v) is 8.01. The Morgan fingerprint density at radius 3 is 2.86 bits per heavy atom. The number of furan rings is 1. The zero-order chi connectivity index (χ0) is 15.2. The third kappa shape index (κ3) is 2.86. The van der Waals surface area contributed by atoms with E-state index in [9.17, 15) is 4.79 Å². The molecule has 1 aromatic rings. The number of nitrogens with two attached hydrogens (primary N) is 1. The first-order chi connectivity index (χ1) is 9.85. The van der Waals surface area contributed by atoms with Gasteiger partial charge < -0.3 is 15.5 Å². The summed E-state index contributed by atoms with van der Waals surface area (Å²) < 4.78 is 5.82. The van der Waals surface area contributed by atoms with Crippen molar-refractivity contribution in [1.29, 1.82) is 0 Å². The quantitative estimate of drug-likeness (QED) is 0.880. The predicted molar refractivity (Wildman–Crippen MR) is 81.7 cm³/mol. The molecule has 21 heavy (non-hydrogen) atoms. The molecule has 3 atom stereocenters. The number of amides is 1. The molecular weight excluding hydrogens is 264 g/mol. The highest BCUT2D eigenvalue weighted by molar-refractivity contribution is 5.80. The summed E-state index contributed by atoms with van der Waals surface area (Å²) in [6.45, 7) is 6.43. The Labute approximate surface area is 126 Å². The van der Waals surface area contributed by atoms with Crippen LogP contribution in [0.1, 0.15) is 62.7 Å². The van der Waals surface area contributed by atoms with Crippen LogP contribution in [0.5, 0.6) is 0 Å². The van der Waals surface area contributed by atoms with Gasteiger partial charge in [-0.2, -0.15) is 0 Å². The molecule has 4 heteroatoms. The van der Waals surface area contributed by atoms with Gasteiger partial charge >= 0.3 is 0 Å². The number of hydrogen-bond donors (Lipinski definition) is 2. The van der Waals surface area contributed by atoms with Gasteiger partial charge in [-0.15, -0.1) is 0 Å². The smallest absolute Gasteiger partial charge is 0.225 e. The number of carbonyl (C=O) groups is 1. The summed E-state index contributed by atoms with van der Waals surface area (Å²) >= 11 is 0. The number of aryl methyl sites for hydroxylation is 1. The summed E-state index contributed by atoms with van der Waals surface area (Å²) in [7, 11) is 0. The van der Waals surface area contributed by atoms with Crippen molar-refractivity contribution in [1.82, 2.24) is 5.32 Å². The van der Waals surface area contributed by atoms with Crippen molar-refractivity contribution in [3.63, 3.8) is 0 Å². The maximum absolute atomic E-state index is 12.5. The molecule has 0 aromatic carbocycles. The Balaban J connectivity index is 1.79. The lowest BCUT2D eigenvalue weighted by Gasteiger charge is -2.35. The molecule has 3 unspecified atom stereocenters. The molecule has 1 aromatic heterocycles. The Morgan fingerprint density at radius 2 is 2.19 bits per heavy atom. The molecule has 3 N–H and O–H groups in total. The fourth-order valence-electron chi connectivity index (χ4n) is 3.91. The zero-order valence-electron chi connectivity index (χ0n) is 13.2. The van der Waals surface area contributed by atoms with Gasteiger partial charge in [-0.05, 0) is 37.7 Å². The van der Waals surface area contributed by atoms with Crippen molar-refractivity contribution < 1.29 is 9.21 Å². The summed E-state index contributed by atoms with van der Waals surface area (Å²) in [6.07, 6.45) is 4.83. The van der Waals surface area contributed by atoms with Crippen LogP contribution in [0.4, 0.5) is 0 Å². The third-order valence-electron chi connectivity index (χ3n) is 4.96. The largest absolute Gasteiger partial charge is 0.466 e. The third-order valence-corrected chi connectivity index (χ3v) is 4.96. The van der Waals surface area contributed by atoms with Gasteiger partial charge in [-0.25, -0.2) is 0 Å². The monoisotopic (exact) mass is 290 g/mol. The fraction of sp³-hybridized carbons (Fsp3) is 0.706. The Kier molecular flexibility index (Phi) is 3.60. The van der Waals surface area contributed by atoms with Gasteiger partial charge in [-0.3, -0.25) is 4.79 Å². The van der Waals surface area contributed by atoms with E-state index < -0.39 is 0 Å². The van der Waals surface area contributed by atoms with Gasteiger partial charge in [0.15, 0.2) is 0 Å². The van der Waals surface area contributed by atoms with E-state index in [1.54, 1.807) is 0 Å². The molecule has 0 radical (unpaired) electrons. The lowest BCUT2D eigenvalue weighted by molar-refractivity contribution is -0.126. The number of nitrogens with one attached hydrogen (secondary N) is 1. The van der Waals surface area contributed by atoms with Crippen LogP contribution in [0.3, 0.4) is 0 Å². The van der Waals surface area contributed by atoms with Crippen molar-refractivity contribution >= 4 is 5.91 Å². The minimum absolute atomic E-state index is 0.0205. The van der Waals surface area contributed by atoms with Gasteiger partial charge in [0.1, 0.15) is 11.5 Å². The SMILES string of the molecule is Cc1cc2c(o1)CC(C)(C)CC2NC(=O)C1CCCC1N. The molecule has 1 fully saturated rings. The molecule has 3 rings (SSSR count). The van der Waals surface area contributed by atoms with E-state index in [0.29, 0.717) is 0 Å². The van der Waals surface area contributed by atoms with Crippen LogP contribution in [0.2, 0.25) is 0 Å². The summed E-state index contributed by atoms with van der Waals surface area (Å²) in [5.41, 5.74) is 7.36. The summed E-state index contributed by atoms with van der Waals surface area (Å²) in [5.74, 6) is 2.05. The highest BCUT2D eigenvalue weighted by atomic mass is 16.3. The fourth-order valence-corrected chi connectivity index (χ4v) is 3.91. The number of fused-ring (bicyclic) bond motifs is 1. The first-order valence-electron chi connectivity index (χ1n) is 8.01. The van der Waals surface area contributed by atoms with Crippen molar-refractivity contribution in [2.24, 2.45) is 17.1 Å². The summed E-state index contributed by atoms with van der Waals surface area (Å²) in [4.78, 5) is 12.5. The lowest BCUT2D eigenvalue weighted by Crippen LogP contribution is -2.42. The van der Waals surface area contributed by atoms with Crippen LogP contribution < -0.4 is 11.1 Å². The van der Waals surface area contributed by atoms with Crippen LogP contribution in [0.15, 0.2) is 10.5 Å². The molecule has 116 valence electrons. The Bertz CT molecular complexity index is 547. The van der Waals surface area contributed by atoms with Crippen molar-refractivity contribution in [3.05, 3.63) is 23.2 Å². The summed E-state index contributed by atoms with van der Waals surface area (Å²) in [6, 6.07) is 2.15. The maximum atomic E-state index is 12.5. The molecule has 0 bridgehead atoms. The molecule has 2 aliphatic rings. The van der Waals surface area contributed by atoms with E-state index in [0.717, 1.165) is 49.2 Å². The minimum atomic E-state index is -0.0218. The average Bonchev–Trinajstić information content (AvgIpc) is 2.93. The molecule has 2 aliphatic carbocycles. The van der Waals surface area contributed by atoms with Crippen LogP contribution >= 0.6 is 0 Å². The number of carbonyl (C=O) groups excluding carboxylic acids is 1. The second kappa shape index (κ2) is 5.16. The van der Waals surface area contributed by atoms with E-state index in [1.807, 2.05) is 6.92 Å². The second-order valence-corrected chi connectivity index (χ2v) is 7.54. The first kappa shape index (κ1) is 14.6. The molecule has 0 spiro atoms. The highest BCUT2D eigenvalue weighted by Crippen LogP contribution is 2.42. The second-order valence-electron chi connectivity index (χ2n) is 7.54. The number of hydrogen-bond acceptors (Lipinski definition) is 3.